The van der Waals surface area contributed by atoms with Gasteiger partial charge < -0.3 is 5.11 Å². The molecule has 0 saturated carbocycles. The van der Waals surface area contributed by atoms with E-state index in [0.29, 0.717) is 5.69 Å². The Kier molecular flexibility index (Phi) is 5.20. The molecule has 2 N–H and O–H groups in total. The largest absolute Gasteiger partial charge is 0.504 e. The third kappa shape index (κ3) is 3.82. The molecule has 4 aromatic carbocycles. The molecule has 0 spiro atoms. The highest BCUT2D eigenvalue weighted by molar-refractivity contribution is 7.90. The van der Waals surface area contributed by atoms with Gasteiger partial charge in [-0.1, -0.05) is 42.5 Å². The molecule has 4 rings (SSSR count). The number of phenols is 1. The summed E-state index contributed by atoms with van der Waals surface area (Å²) in [7, 11) is -9.40. The molecule has 0 amide bonds. The molecule has 0 aliphatic carbocycles. The fourth-order valence-corrected chi connectivity index (χ4v) is 4.45. The van der Waals surface area contributed by atoms with Gasteiger partial charge in [-0.2, -0.15) is 16.8 Å². The van der Waals surface area contributed by atoms with Crippen molar-refractivity contribution in [3.8, 4) is 5.75 Å². The van der Waals surface area contributed by atoms with Crippen LogP contribution in [0.3, 0.4) is 0 Å². The van der Waals surface area contributed by atoms with Gasteiger partial charge in [0.15, 0.2) is 5.75 Å². The summed E-state index contributed by atoms with van der Waals surface area (Å²) in [6.07, 6.45) is 0. The number of rotatable bonds is 5. The molecule has 0 atom stereocenters. The standard InChI is InChI=1S/C20H13N3O7S2/c24-20-18(32(28,29)30)11-13-10-14(31(26,27)23-25)8-9-16(13)19(20)22-21-17-7-3-5-12-4-1-2-6-15(12)17/h1-11,24H,(H,28,29,30)/b22-21+. The summed E-state index contributed by atoms with van der Waals surface area (Å²) in [6, 6.07) is 16.7. The smallest absolute Gasteiger partial charge is 0.316 e. The van der Waals surface area contributed by atoms with E-state index in [1.165, 1.54) is 6.07 Å². The Labute approximate surface area is 181 Å². The average Bonchev–Trinajstić information content (AvgIpc) is 2.77. The second-order valence-electron chi connectivity index (χ2n) is 6.68. The van der Waals surface area contributed by atoms with Crippen LogP contribution in [0.25, 0.3) is 21.5 Å². The zero-order valence-electron chi connectivity index (χ0n) is 15.9. The Morgan fingerprint density at radius 1 is 0.750 bits per heavy atom. The van der Waals surface area contributed by atoms with E-state index in [1.54, 1.807) is 24.3 Å². The molecule has 0 aliphatic rings. The molecule has 4 aromatic rings. The van der Waals surface area contributed by atoms with Crippen LogP contribution in [0, 0.1) is 4.91 Å². The summed E-state index contributed by atoms with van der Waals surface area (Å²) >= 11 is 0. The number of phenolic OH excluding ortho intramolecular Hbond substituents is 1. The van der Waals surface area contributed by atoms with Gasteiger partial charge in [-0.05, 0) is 35.0 Å². The molecular formula is C20H13N3O7S2. The van der Waals surface area contributed by atoms with Crippen LogP contribution >= 0.6 is 0 Å². The van der Waals surface area contributed by atoms with E-state index >= 15 is 0 Å². The monoisotopic (exact) mass is 471 g/mol. The summed E-state index contributed by atoms with van der Waals surface area (Å²) in [6.45, 7) is 0. The lowest BCUT2D eigenvalue weighted by Gasteiger charge is -2.09. The number of hydrogen-bond acceptors (Lipinski definition) is 8. The molecule has 0 fully saturated rings. The zero-order valence-corrected chi connectivity index (χ0v) is 17.6. The van der Waals surface area contributed by atoms with E-state index < -0.39 is 35.7 Å². The van der Waals surface area contributed by atoms with Crippen molar-refractivity contribution >= 4 is 53.1 Å². The first-order valence-electron chi connectivity index (χ1n) is 8.88. The van der Waals surface area contributed by atoms with Crippen molar-refractivity contribution in [1.82, 2.24) is 0 Å². The van der Waals surface area contributed by atoms with Crippen molar-refractivity contribution in [3.63, 3.8) is 0 Å². The minimum absolute atomic E-state index is 0.0352. The summed E-state index contributed by atoms with van der Waals surface area (Å²) in [4.78, 5) is 9.24. The van der Waals surface area contributed by atoms with Crippen LogP contribution in [0.4, 0.5) is 11.4 Å². The van der Waals surface area contributed by atoms with Gasteiger partial charge in [0.2, 0.25) is 0 Å². The van der Waals surface area contributed by atoms with Gasteiger partial charge in [-0.25, -0.2) is 0 Å². The van der Waals surface area contributed by atoms with Gasteiger partial charge >= 0.3 is 10.0 Å². The van der Waals surface area contributed by atoms with E-state index in [1.807, 2.05) is 18.2 Å². The highest BCUT2D eigenvalue weighted by Gasteiger charge is 2.23. The molecule has 0 saturated heterocycles. The predicted molar refractivity (Wildman–Crippen MR) is 117 cm³/mol. The third-order valence-electron chi connectivity index (χ3n) is 4.72. The molecule has 0 unspecified atom stereocenters. The van der Waals surface area contributed by atoms with E-state index in [4.69, 9.17) is 0 Å². The van der Waals surface area contributed by atoms with Crippen LogP contribution in [-0.2, 0) is 20.1 Å². The lowest BCUT2D eigenvalue weighted by atomic mass is 10.1. The van der Waals surface area contributed by atoms with Crippen molar-refractivity contribution in [2.45, 2.75) is 9.79 Å². The minimum atomic E-state index is -4.91. The quantitative estimate of drug-likeness (QED) is 0.239. The maximum absolute atomic E-state index is 11.8. The van der Waals surface area contributed by atoms with Crippen LogP contribution in [0.5, 0.6) is 5.75 Å². The summed E-state index contributed by atoms with van der Waals surface area (Å²) in [5.74, 6) is -0.867. The molecule has 32 heavy (non-hydrogen) atoms. The predicted octanol–water partition coefficient (Wildman–Crippen LogP) is 4.82. The van der Waals surface area contributed by atoms with E-state index in [2.05, 4.69) is 14.8 Å². The van der Waals surface area contributed by atoms with Crippen molar-refractivity contribution < 1.29 is 26.5 Å². The number of nitrogens with zero attached hydrogens (tertiary/aromatic N) is 3. The van der Waals surface area contributed by atoms with E-state index in [0.717, 1.165) is 29.0 Å². The fraction of sp³-hybridized carbons (Fsp3) is 0. The van der Waals surface area contributed by atoms with Gasteiger partial charge in [0.1, 0.15) is 10.6 Å². The zero-order chi connectivity index (χ0) is 23.1. The summed E-state index contributed by atoms with van der Waals surface area (Å²) in [5, 5.41) is 20.4. The highest BCUT2D eigenvalue weighted by Crippen LogP contribution is 2.42. The first kappa shape index (κ1) is 21.5. The number of sulfonamides is 1. The van der Waals surface area contributed by atoms with Gasteiger partial charge in [-0.15, -0.1) is 15.1 Å². The second-order valence-corrected chi connectivity index (χ2v) is 9.64. The molecule has 0 radical (unpaired) electrons. The van der Waals surface area contributed by atoms with E-state index in [9.17, 15) is 31.4 Å². The Hall–Kier alpha value is -3.74. The topological polar surface area (TPSA) is 163 Å². The summed E-state index contributed by atoms with van der Waals surface area (Å²) in [5.41, 5.74) is 0.114. The Bertz CT molecular complexity index is 1640. The van der Waals surface area contributed by atoms with Crippen molar-refractivity contribution in [2.24, 2.45) is 14.8 Å². The molecule has 0 heterocycles. The normalized spacial score (nSPS) is 12.5. The van der Waals surface area contributed by atoms with Crippen LogP contribution in [-0.4, -0.2) is 26.5 Å². The number of hydrogen-bond donors (Lipinski definition) is 2. The Morgan fingerprint density at radius 2 is 1.47 bits per heavy atom. The van der Waals surface area contributed by atoms with Gasteiger partial charge in [0, 0.05) is 10.8 Å². The molecule has 0 aliphatic heterocycles. The van der Waals surface area contributed by atoms with Crippen LogP contribution in [0.1, 0.15) is 0 Å². The molecule has 0 bridgehead atoms. The summed E-state index contributed by atoms with van der Waals surface area (Å²) < 4.78 is 58.7. The second kappa shape index (κ2) is 7.75. The number of nitroso groups, excluding NO2 is 1. The first-order chi connectivity index (χ1) is 15.1. The maximum Gasteiger partial charge on any atom is 0.316 e. The van der Waals surface area contributed by atoms with Crippen LogP contribution in [0.15, 0.2) is 91.3 Å². The minimum Gasteiger partial charge on any atom is -0.504 e. The van der Waals surface area contributed by atoms with Crippen LogP contribution < -0.4 is 0 Å². The van der Waals surface area contributed by atoms with Crippen molar-refractivity contribution in [1.29, 1.82) is 0 Å². The number of aromatic hydroxyl groups is 1. The number of fused-ring (bicyclic) bond motifs is 2. The highest BCUT2D eigenvalue weighted by atomic mass is 32.2. The third-order valence-corrected chi connectivity index (χ3v) is 6.63. The fourth-order valence-electron chi connectivity index (χ4n) is 3.23. The first-order valence-corrected chi connectivity index (χ1v) is 11.8. The average molecular weight is 471 g/mol. The molecule has 12 heteroatoms. The SMILES string of the molecule is O=NS(=O)(=O)c1ccc2c(/N=N/c3cccc4ccccc34)c(O)c(S(=O)(=O)O)cc2c1. The number of azo groups is 1. The Balaban J connectivity index is 1.99. The lowest BCUT2D eigenvalue weighted by Crippen LogP contribution is -2.00. The van der Waals surface area contributed by atoms with Gasteiger partial charge in [0.25, 0.3) is 10.1 Å². The van der Waals surface area contributed by atoms with E-state index in [-0.39, 0.29) is 16.5 Å². The molecule has 0 aromatic heterocycles. The van der Waals surface area contributed by atoms with Gasteiger partial charge in [0.05, 0.1) is 15.2 Å². The maximum atomic E-state index is 11.8. The molecule has 10 nitrogen and oxygen atoms in total. The van der Waals surface area contributed by atoms with Crippen LogP contribution in [0.2, 0.25) is 0 Å². The molecular weight excluding hydrogens is 458 g/mol. The lowest BCUT2D eigenvalue weighted by molar-refractivity contribution is 0.445. The Morgan fingerprint density at radius 3 is 2.19 bits per heavy atom. The van der Waals surface area contributed by atoms with Crippen molar-refractivity contribution in [2.75, 3.05) is 0 Å². The number of benzene rings is 4. The van der Waals surface area contributed by atoms with Gasteiger partial charge in [-0.3, -0.25) is 4.55 Å². The molecule has 162 valence electrons. The van der Waals surface area contributed by atoms with Crippen molar-refractivity contribution in [3.05, 3.63) is 71.6 Å².